The van der Waals surface area contributed by atoms with E-state index in [2.05, 4.69) is 10.4 Å². The summed E-state index contributed by atoms with van der Waals surface area (Å²) < 4.78 is 12.8. The number of nitrogens with zero attached hydrogens (tertiary/aromatic N) is 2. The SMILES string of the molecule is CO/C=C(/C(=O)NCCN)c1ccccc1COc1cc(-c2ccc(Cl)cc2)nn1C. The Morgan fingerprint density at radius 1 is 1.23 bits per heavy atom. The molecular formula is C23H25ClN4O3. The highest BCUT2D eigenvalue weighted by Gasteiger charge is 2.17. The van der Waals surface area contributed by atoms with E-state index in [4.69, 9.17) is 26.8 Å². The predicted octanol–water partition coefficient (Wildman–Crippen LogP) is 3.38. The van der Waals surface area contributed by atoms with Gasteiger partial charge in [0.05, 0.1) is 24.6 Å². The summed E-state index contributed by atoms with van der Waals surface area (Å²) in [6.07, 6.45) is 1.42. The number of methoxy groups -OCH3 is 1. The third-order valence-electron chi connectivity index (χ3n) is 4.57. The molecule has 2 aromatic carbocycles. The highest BCUT2D eigenvalue weighted by Crippen LogP contribution is 2.26. The summed E-state index contributed by atoms with van der Waals surface area (Å²) in [6, 6.07) is 16.8. The summed E-state index contributed by atoms with van der Waals surface area (Å²) in [7, 11) is 3.32. The van der Waals surface area contributed by atoms with E-state index in [1.54, 1.807) is 4.68 Å². The first-order chi connectivity index (χ1) is 15.0. The monoisotopic (exact) mass is 440 g/mol. The summed E-state index contributed by atoms with van der Waals surface area (Å²) in [5.74, 6) is 0.343. The molecule has 1 heterocycles. The second kappa shape index (κ2) is 10.7. The fourth-order valence-corrected chi connectivity index (χ4v) is 3.17. The molecule has 0 fully saturated rings. The van der Waals surface area contributed by atoms with Gasteiger partial charge < -0.3 is 20.5 Å². The lowest BCUT2D eigenvalue weighted by molar-refractivity contribution is -0.115. The number of carbonyl (C=O) groups is 1. The third kappa shape index (κ3) is 5.65. The normalized spacial score (nSPS) is 11.3. The zero-order valence-electron chi connectivity index (χ0n) is 17.5. The molecule has 3 rings (SSSR count). The Bertz CT molecular complexity index is 1060. The van der Waals surface area contributed by atoms with E-state index in [1.165, 1.54) is 13.4 Å². The third-order valence-corrected chi connectivity index (χ3v) is 4.82. The van der Waals surface area contributed by atoms with Crippen molar-refractivity contribution < 1.29 is 14.3 Å². The smallest absolute Gasteiger partial charge is 0.255 e. The van der Waals surface area contributed by atoms with Crippen LogP contribution in [0.4, 0.5) is 0 Å². The predicted molar refractivity (Wildman–Crippen MR) is 121 cm³/mol. The van der Waals surface area contributed by atoms with Crippen molar-refractivity contribution in [2.45, 2.75) is 6.61 Å². The topological polar surface area (TPSA) is 91.4 Å². The van der Waals surface area contributed by atoms with Crippen molar-refractivity contribution in [3.05, 3.63) is 77.0 Å². The summed E-state index contributed by atoms with van der Waals surface area (Å²) >= 11 is 5.97. The number of nitrogens with one attached hydrogen (secondary N) is 1. The van der Waals surface area contributed by atoms with Crippen LogP contribution in [0.15, 0.2) is 60.9 Å². The minimum Gasteiger partial charge on any atom is -0.504 e. The van der Waals surface area contributed by atoms with Crippen LogP contribution in [0.5, 0.6) is 5.88 Å². The largest absolute Gasteiger partial charge is 0.504 e. The van der Waals surface area contributed by atoms with Gasteiger partial charge in [-0.1, -0.05) is 48.0 Å². The van der Waals surface area contributed by atoms with Crippen LogP contribution in [0.2, 0.25) is 5.02 Å². The number of aryl methyl sites for hydroxylation is 1. The van der Waals surface area contributed by atoms with Gasteiger partial charge in [-0.25, -0.2) is 4.68 Å². The van der Waals surface area contributed by atoms with E-state index in [-0.39, 0.29) is 12.5 Å². The summed E-state index contributed by atoms with van der Waals surface area (Å²) in [5, 5.41) is 7.96. The summed E-state index contributed by atoms with van der Waals surface area (Å²) in [5.41, 5.74) is 9.18. The number of rotatable bonds is 9. The molecule has 0 radical (unpaired) electrons. The number of carbonyl (C=O) groups excluding carboxylic acids is 1. The lowest BCUT2D eigenvalue weighted by atomic mass is 10.0. The van der Waals surface area contributed by atoms with Crippen LogP contribution in [0.25, 0.3) is 16.8 Å². The van der Waals surface area contributed by atoms with Crippen molar-refractivity contribution in [2.24, 2.45) is 12.8 Å². The number of nitrogens with two attached hydrogens (primary N) is 1. The molecule has 1 amide bonds. The molecule has 8 heteroatoms. The van der Waals surface area contributed by atoms with Crippen LogP contribution in [0.1, 0.15) is 11.1 Å². The maximum absolute atomic E-state index is 12.6. The molecule has 3 aromatic rings. The van der Waals surface area contributed by atoms with Crippen molar-refractivity contribution in [3.8, 4) is 17.1 Å². The van der Waals surface area contributed by atoms with Gasteiger partial charge in [0.25, 0.3) is 5.91 Å². The minimum absolute atomic E-state index is 0.251. The van der Waals surface area contributed by atoms with Crippen molar-refractivity contribution in [2.75, 3.05) is 20.2 Å². The molecule has 1 aromatic heterocycles. The number of hydrogen-bond acceptors (Lipinski definition) is 5. The molecule has 0 unspecified atom stereocenters. The average Bonchev–Trinajstić information content (AvgIpc) is 3.15. The molecule has 0 saturated heterocycles. The second-order valence-corrected chi connectivity index (χ2v) is 7.19. The van der Waals surface area contributed by atoms with Gasteiger partial charge in [-0.3, -0.25) is 4.79 Å². The van der Waals surface area contributed by atoms with Crippen molar-refractivity contribution in [3.63, 3.8) is 0 Å². The molecule has 162 valence electrons. The van der Waals surface area contributed by atoms with E-state index in [9.17, 15) is 4.79 Å². The lowest BCUT2D eigenvalue weighted by Gasteiger charge is -2.14. The Morgan fingerprint density at radius 2 is 1.97 bits per heavy atom. The zero-order chi connectivity index (χ0) is 22.2. The summed E-state index contributed by atoms with van der Waals surface area (Å²) in [4.78, 5) is 12.6. The fraction of sp³-hybridized carbons (Fsp3) is 0.217. The molecule has 0 aliphatic heterocycles. The van der Waals surface area contributed by atoms with E-state index in [0.717, 1.165) is 22.4 Å². The molecule has 0 bridgehead atoms. The van der Waals surface area contributed by atoms with Gasteiger partial charge >= 0.3 is 0 Å². The second-order valence-electron chi connectivity index (χ2n) is 6.76. The standard InChI is InChI=1S/C23H25ClN4O3/c1-28-22(13-21(27-28)16-7-9-18(24)10-8-16)31-14-17-5-3-4-6-19(17)20(15-30-2)23(29)26-12-11-25/h3-10,13,15H,11-12,14,25H2,1-2H3,(H,26,29)/b20-15+. The zero-order valence-corrected chi connectivity index (χ0v) is 18.2. The molecule has 0 saturated carbocycles. The van der Waals surface area contributed by atoms with Crippen LogP contribution in [0.3, 0.4) is 0 Å². The number of aromatic nitrogens is 2. The van der Waals surface area contributed by atoms with Crippen molar-refractivity contribution in [1.29, 1.82) is 0 Å². The molecular weight excluding hydrogens is 416 g/mol. The molecule has 0 spiro atoms. The number of amides is 1. The Hall–Kier alpha value is -3.29. The minimum atomic E-state index is -0.259. The van der Waals surface area contributed by atoms with Gasteiger partial charge in [0.2, 0.25) is 5.88 Å². The van der Waals surface area contributed by atoms with E-state index < -0.39 is 0 Å². The highest BCUT2D eigenvalue weighted by atomic mass is 35.5. The van der Waals surface area contributed by atoms with E-state index in [1.807, 2.05) is 61.6 Å². The molecule has 0 aliphatic carbocycles. The Labute approximate surface area is 186 Å². The summed E-state index contributed by atoms with van der Waals surface area (Å²) in [6.45, 7) is 0.981. The first-order valence-electron chi connectivity index (χ1n) is 9.75. The lowest BCUT2D eigenvalue weighted by Crippen LogP contribution is -2.30. The van der Waals surface area contributed by atoms with Crippen LogP contribution in [0, 0.1) is 0 Å². The van der Waals surface area contributed by atoms with Crippen molar-refractivity contribution in [1.82, 2.24) is 15.1 Å². The van der Waals surface area contributed by atoms with Gasteiger partial charge in [0, 0.05) is 36.8 Å². The van der Waals surface area contributed by atoms with Crippen LogP contribution < -0.4 is 15.8 Å². The Morgan fingerprint density at radius 3 is 2.68 bits per heavy atom. The van der Waals surface area contributed by atoms with Gasteiger partial charge in [-0.05, 0) is 23.3 Å². The molecule has 0 aliphatic rings. The molecule has 0 atom stereocenters. The quantitative estimate of drug-likeness (QED) is 0.393. The van der Waals surface area contributed by atoms with Crippen LogP contribution in [-0.4, -0.2) is 35.9 Å². The van der Waals surface area contributed by atoms with Gasteiger partial charge in [0.1, 0.15) is 6.61 Å². The van der Waals surface area contributed by atoms with E-state index in [0.29, 0.717) is 29.6 Å². The molecule has 31 heavy (non-hydrogen) atoms. The molecule has 7 nitrogen and oxygen atoms in total. The Balaban J connectivity index is 1.81. The van der Waals surface area contributed by atoms with Gasteiger partial charge in [-0.2, -0.15) is 5.10 Å². The Kier molecular flexibility index (Phi) is 7.70. The number of hydrogen-bond donors (Lipinski definition) is 2. The first-order valence-corrected chi connectivity index (χ1v) is 10.1. The fourth-order valence-electron chi connectivity index (χ4n) is 3.05. The first kappa shape index (κ1) is 22.4. The van der Waals surface area contributed by atoms with Crippen molar-refractivity contribution >= 4 is 23.1 Å². The van der Waals surface area contributed by atoms with Gasteiger partial charge in [-0.15, -0.1) is 0 Å². The highest BCUT2D eigenvalue weighted by molar-refractivity contribution is 6.30. The number of benzene rings is 2. The average molecular weight is 441 g/mol. The maximum atomic E-state index is 12.6. The van der Waals surface area contributed by atoms with Gasteiger partial charge in [0.15, 0.2) is 0 Å². The van der Waals surface area contributed by atoms with Crippen LogP contribution in [-0.2, 0) is 23.2 Å². The molecule has 3 N–H and O–H groups in total. The van der Waals surface area contributed by atoms with E-state index >= 15 is 0 Å². The maximum Gasteiger partial charge on any atom is 0.255 e. The number of ether oxygens (including phenoxy) is 2. The van der Waals surface area contributed by atoms with Crippen LogP contribution >= 0.6 is 11.6 Å². The number of halogens is 1.